The largest absolute Gasteiger partial charge is 0.476 e. The van der Waals surface area contributed by atoms with E-state index in [9.17, 15) is 32.7 Å². The number of alkyl halides is 3. The van der Waals surface area contributed by atoms with Crippen LogP contribution in [-0.4, -0.2) is 50.9 Å². The molecule has 1 heterocycles. The van der Waals surface area contributed by atoms with Crippen LogP contribution in [0.3, 0.4) is 0 Å². The van der Waals surface area contributed by atoms with Gasteiger partial charge in [-0.1, -0.05) is 5.16 Å². The monoisotopic (exact) mass is 451 g/mol. The number of carboxylic acid groups (broad SMARTS) is 1. The van der Waals surface area contributed by atoms with E-state index in [2.05, 4.69) is 15.5 Å². The molecule has 1 aromatic heterocycles. The average Bonchev–Trinajstić information content (AvgIpc) is 3.00. The Morgan fingerprint density at radius 1 is 1.20 bits per heavy atom. The molecule has 0 saturated heterocycles. The van der Waals surface area contributed by atoms with Gasteiger partial charge in [0.2, 0.25) is 11.3 Å². The first-order valence-corrected chi connectivity index (χ1v) is 9.14. The number of hydrogen-bond donors (Lipinski definition) is 2. The smallest absolute Gasteiger partial charge is 0.454 e. The Balaban J connectivity index is 2.94. The van der Waals surface area contributed by atoms with Crippen LogP contribution in [0.4, 0.5) is 18.3 Å². The van der Waals surface area contributed by atoms with Gasteiger partial charge < -0.3 is 20.0 Å². The maximum Gasteiger partial charge on any atom is 0.454 e. The normalized spacial score (nSPS) is 13.3. The number of rotatable bonds is 8. The Bertz CT molecular complexity index is 869. The highest BCUT2D eigenvalue weighted by Gasteiger charge is 2.37. The summed E-state index contributed by atoms with van der Waals surface area (Å²) in [5, 5.41) is 16.4. The molecule has 0 unspecified atom stereocenters. The SMILES string of the molecule is CC(C)(C)OC(=O)C(C)(C)ON=C(C(=O)O)c1csc(NC=CC(=O)C(F)(F)F)n1. The van der Waals surface area contributed by atoms with Crippen molar-refractivity contribution in [3.8, 4) is 0 Å². The minimum absolute atomic E-state index is 0.00317. The number of ketones is 1. The molecule has 0 atom stereocenters. The zero-order valence-corrected chi connectivity index (χ0v) is 17.5. The Hall–Kier alpha value is -2.96. The van der Waals surface area contributed by atoms with Gasteiger partial charge in [0.05, 0.1) is 0 Å². The quantitative estimate of drug-likeness (QED) is 0.267. The van der Waals surface area contributed by atoms with E-state index in [1.165, 1.54) is 19.2 Å². The van der Waals surface area contributed by atoms with Gasteiger partial charge in [0.25, 0.3) is 5.78 Å². The first kappa shape index (κ1) is 25.1. The molecule has 30 heavy (non-hydrogen) atoms. The standard InChI is InChI=1S/C17H20F3N3O6S/c1-15(2,3)28-13(27)16(4,5)29-23-11(12(25)26)9-8-30-14(22-9)21-7-6-10(24)17(18,19)20/h6-8H,1-5H3,(H,21,22)(H,25,26). The lowest BCUT2D eigenvalue weighted by molar-refractivity contribution is -0.179. The molecule has 0 aliphatic rings. The zero-order valence-electron chi connectivity index (χ0n) is 16.7. The van der Waals surface area contributed by atoms with Crippen molar-refractivity contribution in [1.82, 2.24) is 4.98 Å². The Labute approximate surface area is 173 Å². The summed E-state index contributed by atoms with van der Waals surface area (Å²) in [5.41, 5.74) is -3.23. The third-order valence-corrected chi connectivity index (χ3v) is 3.70. The third kappa shape index (κ3) is 7.81. The van der Waals surface area contributed by atoms with E-state index in [1.807, 2.05) is 0 Å². The summed E-state index contributed by atoms with van der Waals surface area (Å²) in [6, 6.07) is 0. The highest BCUT2D eigenvalue weighted by atomic mass is 32.1. The molecule has 0 amide bonds. The summed E-state index contributed by atoms with van der Waals surface area (Å²) in [4.78, 5) is 43.3. The third-order valence-electron chi connectivity index (χ3n) is 2.93. The van der Waals surface area contributed by atoms with E-state index in [-0.39, 0.29) is 16.9 Å². The van der Waals surface area contributed by atoms with Crippen LogP contribution < -0.4 is 5.32 Å². The van der Waals surface area contributed by atoms with Gasteiger partial charge in [-0.25, -0.2) is 14.6 Å². The number of oxime groups is 1. The molecular formula is C17H20F3N3O6S. The van der Waals surface area contributed by atoms with Gasteiger partial charge in [0.15, 0.2) is 5.13 Å². The van der Waals surface area contributed by atoms with Crippen molar-refractivity contribution < 1.29 is 42.2 Å². The summed E-state index contributed by atoms with van der Waals surface area (Å²) in [6.45, 7) is 7.61. The molecule has 0 saturated carbocycles. The van der Waals surface area contributed by atoms with Crippen molar-refractivity contribution in [2.45, 2.75) is 52.0 Å². The van der Waals surface area contributed by atoms with Gasteiger partial charge in [-0.15, -0.1) is 11.3 Å². The van der Waals surface area contributed by atoms with Crippen molar-refractivity contribution in [3.05, 3.63) is 23.3 Å². The van der Waals surface area contributed by atoms with Crippen molar-refractivity contribution in [3.63, 3.8) is 0 Å². The fourth-order valence-corrected chi connectivity index (χ4v) is 2.20. The Morgan fingerprint density at radius 2 is 1.80 bits per heavy atom. The number of thiazole rings is 1. The number of halogens is 3. The highest BCUT2D eigenvalue weighted by Crippen LogP contribution is 2.21. The summed E-state index contributed by atoms with van der Waals surface area (Å²) >= 11 is 0.845. The van der Waals surface area contributed by atoms with Crippen molar-refractivity contribution >= 4 is 39.9 Å². The molecule has 0 aromatic carbocycles. The second-order valence-corrected chi connectivity index (χ2v) is 8.08. The van der Waals surface area contributed by atoms with Gasteiger partial charge in [0.1, 0.15) is 11.3 Å². The number of nitrogens with one attached hydrogen (secondary N) is 1. The topological polar surface area (TPSA) is 127 Å². The van der Waals surface area contributed by atoms with Crippen LogP contribution in [0.15, 0.2) is 22.8 Å². The van der Waals surface area contributed by atoms with Crippen molar-refractivity contribution in [1.29, 1.82) is 0 Å². The number of aromatic nitrogens is 1. The van der Waals surface area contributed by atoms with Crippen molar-refractivity contribution in [2.24, 2.45) is 5.16 Å². The summed E-state index contributed by atoms with van der Waals surface area (Å²) in [5.74, 6) is -4.37. The minimum Gasteiger partial charge on any atom is -0.476 e. The molecule has 166 valence electrons. The summed E-state index contributed by atoms with van der Waals surface area (Å²) in [7, 11) is 0. The van der Waals surface area contributed by atoms with Gasteiger partial charge in [0, 0.05) is 17.7 Å². The van der Waals surface area contributed by atoms with Gasteiger partial charge >= 0.3 is 18.1 Å². The predicted molar refractivity (Wildman–Crippen MR) is 101 cm³/mol. The Morgan fingerprint density at radius 3 is 2.30 bits per heavy atom. The number of carbonyl (C=O) groups is 3. The van der Waals surface area contributed by atoms with Gasteiger partial charge in [-0.3, -0.25) is 4.79 Å². The maximum absolute atomic E-state index is 12.1. The van der Waals surface area contributed by atoms with Gasteiger partial charge in [-0.2, -0.15) is 13.2 Å². The number of nitrogens with zero attached hydrogens (tertiary/aromatic N) is 2. The second-order valence-electron chi connectivity index (χ2n) is 7.23. The molecule has 1 rings (SSSR count). The first-order valence-electron chi connectivity index (χ1n) is 8.26. The van der Waals surface area contributed by atoms with Crippen LogP contribution in [0.25, 0.3) is 0 Å². The maximum atomic E-state index is 12.1. The van der Waals surface area contributed by atoms with Crippen LogP contribution in [0.2, 0.25) is 0 Å². The molecule has 0 aliphatic heterocycles. The minimum atomic E-state index is -5.01. The number of carboxylic acids is 1. The predicted octanol–water partition coefficient (Wildman–Crippen LogP) is 3.13. The molecule has 2 N–H and O–H groups in total. The van der Waals surface area contributed by atoms with Crippen LogP contribution in [0.1, 0.15) is 40.3 Å². The number of carbonyl (C=O) groups excluding carboxylic acids is 2. The molecule has 13 heteroatoms. The number of anilines is 1. The second kappa shape index (κ2) is 9.24. The van der Waals surface area contributed by atoms with Crippen molar-refractivity contribution in [2.75, 3.05) is 5.32 Å². The number of esters is 1. The number of ether oxygens (including phenoxy) is 1. The molecule has 1 aromatic rings. The lowest BCUT2D eigenvalue weighted by Gasteiger charge is -2.26. The molecule has 0 bridgehead atoms. The van der Waals surface area contributed by atoms with E-state index in [1.54, 1.807) is 20.8 Å². The number of allylic oxidation sites excluding steroid dienone is 1. The lowest BCUT2D eigenvalue weighted by Crippen LogP contribution is -2.40. The lowest BCUT2D eigenvalue weighted by atomic mass is 10.1. The van der Waals surface area contributed by atoms with E-state index in [0.717, 1.165) is 17.5 Å². The number of hydrogen-bond acceptors (Lipinski definition) is 9. The van der Waals surface area contributed by atoms with Crippen LogP contribution >= 0.6 is 11.3 Å². The Kier molecular flexibility index (Phi) is 7.72. The molecule has 0 radical (unpaired) electrons. The summed E-state index contributed by atoms with van der Waals surface area (Å²) in [6.07, 6.45) is -4.02. The van der Waals surface area contributed by atoms with E-state index < -0.39 is 40.8 Å². The average molecular weight is 451 g/mol. The molecule has 0 fully saturated rings. The van der Waals surface area contributed by atoms with Crippen LogP contribution in [0, 0.1) is 0 Å². The van der Waals surface area contributed by atoms with E-state index >= 15 is 0 Å². The van der Waals surface area contributed by atoms with Crippen LogP contribution in [-0.2, 0) is 24.0 Å². The van der Waals surface area contributed by atoms with E-state index in [0.29, 0.717) is 0 Å². The molecule has 0 aliphatic carbocycles. The molecular weight excluding hydrogens is 431 g/mol. The zero-order chi connectivity index (χ0) is 23.3. The van der Waals surface area contributed by atoms with E-state index in [4.69, 9.17) is 9.57 Å². The number of aliphatic carboxylic acids is 1. The molecule has 0 spiro atoms. The highest BCUT2D eigenvalue weighted by molar-refractivity contribution is 7.14. The van der Waals surface area contributed by atoms with Gasteiger partial charge in [-0.05, 0) is 34.6 Å². The van der Waals surface area contributed by atoms with Crippen LogP contribution in [0.5, 0.6) is 0 Å². The fourth-order valence-electron chi connectivity index (χ4n) is 1.53. The molecule has 9 nitrogen and oxygen atoms in total. The summed E-state index contributed by atoms with van der Waals surface area (Å²) < 4.78 is 41.6. The fraction of sp³-hybridized carbons (Fsp3) is 0.471. The first-order chi connectivity index (χ1) is 13.5.